The van der Waals surface area contributed by atoms with Gasteiger partial charge in [-0.1, -0.05) is 43.6 Å². The molecule has 0 saturated carbocycles. The first-order chi connectivity index (χ1) is 17.3. The van der Waals surface area contributed by atoms with Crippen LogP contribution >= 0.6 is 6.57 Å². The fourth-order valence-electron chi connectivity index (χ4n) is 4.60. The standard InChI is InChI=1S/C27H45N2O5PS2/c1-8-9-10-12-22-18-25(30)27(24-17-21(4)13-14-23(24)20(2)3)26(19-22)34-35(36,29(5)6)28-15-11-16-33-37(7,31)32/h17-19,23-24,30H,2,8-16H2,1,3-7H3,(H,28,36)/t23-,24+,35?/m0/s1. The fourth-order valence-corrected chi connectivity index (χ4v) is 6.90. The lowest BCUT2D eigenvalue weighted by Gasteiger charge is -2.35. The zero-order valence-corrected chi connectivity index (χ0v) is 25.8. The Morgan fingerprint density at radius 2 is 2.00 bits per heavy atom. The molecule has 0 fully saturated rings. The quantitative estimate of drug-likeness (QED) is 0.110. The molecule has 0 radical (unpaired) electrons. The molecule has 2 N–H and O–H groups in total. The van der Waals surface area contributed by atoms with Crippen molar-refractivity contribution in [2.24, 2.45) is 5.92 Å². The van der Waals surface area contributed by atoms with Gasteiger partial charge < -0.3 is 9.63 Å². The van der Waals surface area contributed by atoms with Crippen LogP contribution in [0, 0.1) is 5.92 Å². The number of benzene rings is 1. The van der Waals surface area contributed by atoms with E-state index in [9.17, 15) is 13.5 Å². The van der Waals surface area contributed by atoms with E-state index in [1.54, 1.807) is 0 Å². The Balaban J connectivity index is 2.45. The molecular weight excluding hydrogens is 527 g/mol. The van der Waals surface area contributed by atoms with Crippen molar-refractivity contribution in [3.05, 3.63) is 47.1 Å². The van der Waals surface area contributed by atoms with Gasteiger partial charge in [0.15, 0.2) is 0 Å². The van der Waals surface area contributed by atoms with Crippen molar-refractivity contribution >= 4 is 28.5 Å². The van der Waals surface area contributed by atoms with E-state index in [1.807, 2.05) is 37.8 Å². The van der Waals surface area contributed by atoms with Gasteiger partial charge in [-0.2, -0.15) is 8.42 Å². The second kappa shape index (κ2) is 14.2. The van der Waals surface area contributed by atoms with Gasteiger partial charge in [0.1, 0.15) is 11.5 Å². The SMILES string of the molecule is C=C(C)[C@@H]1CCC(C)=C[C@H]1c1c(O)cc(CCCCC)cc1OP(=S)(NCCCOS(C)(=O)=O)N(C)C. The molecule has 0 heterocycles. The Hall–Kier alpha value is -1.22. The number of hydrogen-bond donors (Lipinski definition) is 2. The molecule has 0 aromatic heterocycles. The summed E-state index contributed by atoms with van der Waals surface area (Å²) < 4.78 is 35.9. The molecule has 0 spiro atoms. The predicted molar refractivity (Wildman–Crippen MR) is 157 cm³/mol. The lowest BCUT2D eigenvalue weighted by atomic mass is 9.73. The first-order valence-corrected chi connectivity index (χ1v) is 17.5. The van der Waals surface area contributed by atoms with Gasteiger partial charge in [-0.15, -0.1) is 0 Å². The van der Waals surface area contributed by atoms with Gasteiger partial charge in [-0.3, -0.25) is 4.18 Å². The van der Waals surface area contributed by atoms with Crippen molar-refractivity contribution in [1.29, 1.82) is 0 Å². The molecule has 3 atom stereocenters. The Morgan fingerprint density at radius 3 is 2.59 bits per heavy atom. The molecule has 0 aliphatic heterocycles. The Labute approximate surface area is 229 Å². The Morgan fingerprint density at radius 1 is 1.30 bits per heavy atom. The molecule has 0 saturated heterocycles. The smallest absolute Gasteiger partial charge is 0.264 e. The third-order valence-corrected chi connectivity index (χ3v) is 10.9. The summed E-state index contributed by atoms with van der Waals surface area (Å²) in [5.41, 5.74) is 4.15. The summed E-state index contributed by atoms with van der Waals surface area (Å²) >= 11 is 6.02. The van der Waals surface area contributed by atoms with E-state index in [4.69, 9.17) is 20.5 Å². The van der Waals surface area contributed by atoms with E-state index in [2.05, 4.69) is 31.6 Å². The van der Waals surface area contributed by atoms with Crippen LogP contribution in [0.2, 0.25) is 0 Å². The van der Waals surface area contributed by atoms with Crippen LogP contribution in [0.15, 0.2) is 35.9 Å². The van der Waals surface area contributed by atoms with Crippen LogP contribution in [0.1, 0.15) is 76.3 Å². The van der Waals surface area contributed by atoms with Crippen LogP contribution in [0.25, 0.3) is 0 Å². The number of aromatic hydroxyl groups is 1. The Bertz CT molecular complexity index is 1120. The van der Waals surface area contributed by atoms with Gasteiger partial charge in [0, 0.05) is 18.0 Å². The number of aryl methyl sites for hydroxylation is 1. The van der Waals surface area contributed by atoms with Gasteiger partial charge in [-0.05, 0) is 95.5 Å². The third-order valence-electron chi connectivity index (χ3n) is 6.64. The van der Waals surface area contributed by atoms with Crippen molar-refractivity contribution < 1.29 is 22.2 Å². The number of nitrogens with zero attached hydrogens (tertiary/aromatic N) is 1. The highest BCUT2D eigenvalue weighted by molar-refractivity contribution is 8.10. The number of phenolic OH excluding ortho intramolecular Hbond substituents is 1. The molecule has 1 aliphatic rings. The van der Waals surface area contributed by atoms with Crippen LogP contribution in [0.4, 0.5) is 0 Å². The van der Waals surface area contributed by atoms with Gasteiger partial charge in [0.25, 0.3) is 10.1 Å². The molecule has 10 heteroatoms. The van der Waals surface area contributed by atoms with Crippen LogP contribution in [-0.4, -0.2) is 51.7 Å². The molecule has 2 rings (SSSR count). The lowest BCUT2D eigenvalue weighted by Crippen LogP contribution is -2.27. The van der Waals surface area contributed by atoms with Gasteiger partial charge >= 0.3 is 0 Å². The van der Waals surface area contributed by atoms with Crippen molar-refractivity contribution in [2.45, 2.75) is 71.6 Å². The van der Waals surface area contributed by atoms with Crippen LogP contribution in [0.3, 0.4) is 0 Å². The molecule has 0 bridgehead atoms. The van der Waals surface area contributed by atoms with Crippen LogP contribution in [0.5, 0.6) is 11.5 Å². The van der Waals surface area contributed by atoms with Crippen LogP contribution < -0.4 is 9.61 Å². The van der Waals surface area contributed by atoms with E-state index >= 15 is 0 Å². The molecule has 37 heavy (non-hydrogen) atoms. The summed E-state index contributed by atoms with van der Waals surface area (Å²) in [6.45, 7) is 8.35. The zero-order valence-electron chi connectivity index (χ0n) is 23.2. The number of nitrogens with one attached hydrogen (secondary N) is 1. The molecule has 1 aliphatic carbocycles. The number of allylic oxidation sites excluding steroid dienone is 3. The topological polar surface area (TPSA) is 88.1 Å². The molecule has 7 nitrogen and oxygen atoms in total. The number of phenols is 1. The maximum atomic E-state index is 11.4. The summed E-state index contributed by atoms with van der Waals surface area (Å²) in [5, 5.41) is 14.7. The van der Waals surface area contributed by atoms with Crippen molar-refractivity contribution in [3.8, 4) is 11.5 Å². The van der Waals surface area contributed by atoms with Crippen LogP contribution in [-0.2, 0) is 32.5 Å². The normalized spacial score (nSPS) is 19.9. The molecule has 1 aromatic rings. The first kappa shape index (κ1) is 32.0. The summed E-state index contributed by atoms with van der Waals surface area (Å²) in [6, 6.07) is 3.91. The summed E-state index contributed by atoms with van der Waals surface area (Å²) in [6.07, 6.45) is 9.83. The Kier molecular flexibility index (Phi) is 12.3. The molecule has 210 valence electrons. The highest BCUT2D eigenvalue weighted by Gasteiger charge is 2.33. The fraction of sp³-hybridized carbons (Fsp3) is 0.630. The van der Waals surface area contributed by atoms with E-state index in [0.717, 1.165) is 61.5 Å². The number of rotatable bonds is 15. The minimum absolute atomic E-state index is 0.0558. The monoisotopic (exact) mass is 572 g/mol. The molecule has 1 aromatic carbocycles. The molecular formula is C27H45N2O5PS2. The lowest BCUT2D eigenvalue weighted by molar-refractivity contribution is 0.316. The highest BCUT2D eigenvalue weighted by atomic mass is 32.5. The van der Waals surface area contributed by atoms with Crippen molar-refractivity contribution in [2.75, 3.05) is 33.5 Å². The van der Waals surface area contributed by atoms with Gasteiger partial charge in [0.2, 0.25) is 6.57 Å². The van der Waals surface area contributed by atoms with E-state index in [-0.39, 0.29) is 24.2 Å². The minimum Gasteiger partial charge on any atom is -0.507 e. The average molecular weight is 573 g/mol. The summed E-state index contributed by atoms with van der Waals surface area (Å²) in [5.74, 6) is 0.972. The summed E-state index contributed by atoms with van der Waals surface area (Å²) in [4.78, 5) is 0. The third kappa shape index (κ3) is 9.79. The highest BCUT2D eigenvalue weighted by Crippen LogP contribution is 2.52. The second-order valence-electron chi connectivity index (χ2n) is 10.3. The first-order valence-electron chi connectivity index (χ1n) is 13.0. The van der Waals surface area contributed by atoms with Crippen molar-refractivity contribution in [1.82, 2.24) is 9.76 Å². The van der Waals surface area contributed by atoms with E-state index in [0.29, 0.717) is 18.7 Å². The minimum atomic E-state index is -3.49. The van der Waals surface area contributed by atoms with Gasteiger partial charge in [0.05, 0.1) is 12.9 Å². The maximum absolute atomic E-state index is 11.4. The maximum Gasteiger partial charge on any atom is 0.264 e. The predicted octanol–water partition coefficient (Wildman–Crippen LogP) is 6.26. The molecule has 1 unspecified atom stereocenters. The van der Waals surface area contributed by atoms with E-state index in [1.165, 1.54) is 5.57 Å². The second-order valence-corrected chi connectivity index (χ2v) is 15.7. The zero-order chi connectivity index (χ0) is 27.8. The molecule has 0 amide bonds. The number of hydrogen-bond acceptors (Lipinski definition) is 6. The van der Waals surface area contributed by atoms with Gasteiger partial charge in [-0.25, -0.2) is 9.76 Å². The number of unbranched alkanes of at least 4 members (excludes halogenated alkanes) is 2. The average Bonchev–Trinajstić information content (AvgIpc) is 2.77. The largest absolute Gasteiger partial charge is 0.507 e. The van der Waals surface area contributed by atoms with E-state index < -0.39 is 16.7 Å². The summed E-state index contributed by atoms with van der Waals surface area (Å²) in [7, 11) is 0.250. The van der Waals surface area contributed by atoms with Crippen molar-refractivity contribution in [3.63, 3.8) is 0 Å².